The molecular weight excluding hydrogens is 366 g/mol. The topological polar surface area (TPSA) is 102 Å². The van der Waals surface area contributed by atoms with Crippen LogP contribution in [0, 0.1) is 0 Å². The fraction of sp³-hybridized carbons (Fsp3) is 0.105. The lowest BCUT2D eigenvalue weighted by Crippen LogP contribution is -2.30. The first-order valence-electron chi connectivity index (χ1n) is 8.26. The Kier molecular flexibility index (Phi) is 5.73. The number of carbonyl (C=O) groups is 1. The van der Waals surface area contributed by atoms with E-state index in [4.69, 9.17) is 22.1 Å². The molecule has 0 saturated heterocycles. The van der Waals surface area contributed by atoms with E-state index < -0.39 is 0 Å². The molecule has 2 aromatic carbocycles. The molecule has 1 aromatic heterocycles. The first-order valence-corrected chi connectivity index (χ1v) is 8.64. The van der Waals surface area contributed by atoms with Crippen LogP contribution in [0.3, 0.4) is 0 Å². The van der Waals surface area contributed by atoms with Gasteiger partial charge in [-0.25, -0.2) is 4.98 Å². The van der Waals surface area contributed by atoms with Crippen molar-refractivity contribution >= 4 is 29.0 Å². The maximum Gasteiger partial charge on any atom is 0.269 e. The molecule has 1 heterocycles. The molecule has 0 spiro atoms. The SMILES string of the molecule is CCc1ccc(Oc2ncnc(NNC(=O)c3ccc(Cl)cc3)c2N)cc1. The van der Waals surface area contributed by atoms with E-state index >= 15 is 0 Å². The minimum absolute atomic E-state index is 0.175. The van der Waals surface area contributed by atoms with Crippen LogP contribution in [-0.4, -0.2) is 15.9 Å². The average Bonchev–Trinajstić information content (AvgIpc) is 2.69. The van der Waals surface area contributed by atoms with Gasteiger partial charge in [-0.1, -0.05) is 30.7 Å². The van der Waals surface area contributed by atoms with Gasteiger partial charge in [-0.15, -0.1) is 0 Å². The van der Waals surface area contributed by atoms with Gasteiger partial charge in [0.2, 0.25) is 5.88 Å². The Morgan fingerprint density at radius 2 is 1.81 bits per heavy atom. The van der Waals surface area contributed by atoms with Crippen molar-refractivity contribution in [3.05, 3.63) is 71.0 Å². The van der Waals surface area contributed by atoms with E-state index in [2.05, 4.69) is 27.7 Å². The normalized spacial score (nSPS) is 10.3. The number of nitrogens with zero attached hydrogens (tertiary/aromatic N) is 2. The fourth-order valence-electron chi connectivity index (χ4n) is 2.25. The second kappa shape index (κ2) is 8.37. The van der Waals surface area contributed by atoms with Crippen molar-refractivity contribution in [1.29, 1.82) is 0 Å². The molecule has 138 valence electrons. The molecule has 0 atom stereocenters. The molecule has 0 bridgehead atoms. The Balaban J connectivity index is 1.68. The van der Waals surface area contributed by atoms with Crippen LogP contribution < -0.4 is 21.3 Å². The second-order valence-corrected chi connectivity index (χ2v) is 6.06. The van der Waals surface area contributed by atoms with Gasteiger partial charge in [0.25, 0.3) is 5.91 Å². The molecule has 4 N–H and O–H groups in total. The number of nitrogens with one attached hydrogen (secondary N) is 2. The smallest absolute Gasteiger partial charge is 0.269 e. The van der Waals surface area contributed by atoms with Crippen LogP contribution in [0.2, 0.25) is 5.02 Å². The first kappa shape index (κ1) is 18.5. The second-order valence-electron chi connectivity index (χ2n) is 5.63. The average molecular weight is 384 g/mol. The van der Waals surface area contributed by atoms with Crippen LogP contribution in [0.4, 0.5) is 11.5 Å². The van der Waals surface area contributed by atoms with Crippen LogP contribution in [0.25, 0.3) is 0 Å². The van der Waals surface area contributed by atoms with E-state index in [1.807, 2.05) is 24.3 Å². The number of ether oxygens (including phenoxy) is 1. The van der Waals surface area contributed by atoms with Gasteiger partial charge in [0.15, 0.2) is 5.82 Å². The summed E-state index contributed by atoms with van der Waals surface area (Å²) < 4.78 is 5.71. The molecule has 0 saturated carbocycles. The van der Waals surface area contributed by atoms with E-state index in [-0.39, 0.29) is 23.3 Å². The van der Waals surface area contributed by atoms with Gasteiger partial charge in [-0.2, -0.15) is 4.98 Å². The fourth-order valence-corrected chi connectivity index (χ4v) is 2.38. The molecule has 0 fully saturated rings. The highest BCUT2D eigenvalue weighted by Gasteiger charge is 2.12. The van der Waals surface area contributed by atoms with Crippen LogP contribution in [0.5, 0.6) is 11.6 Å². The third-order valence-electron chi connectivity index (χ3n) is 3.79. The highest BCUT2D eigenvalue weighted by atomic mass is 35.5. The molecule has 0 radical (unpaired) electrons. The molecular formula is C19H18ClN5O2. The van der Waals surface area contributed by atoms with Gasteiger partial charge in [-0.3, -0.25) is 15.6 Å². The van der Waals surface area contributed by atoms with Crippen molar-refractivity contribution in [2.75, 3.05) is 11.2 Å². The van der Waals surface area contributed by atoms with Gasteiger partial charge in [0.05, 0.1) is 0 Å². The summed E-state index contributed by atoms with van der Waals surface area (Å²) in [5, 5.41) is 0.549. The number of nitrogens with two attached hydrogens (primary N) is 1. The van der Waals surface area contributed by atoms with Gasteiger partial charge < -0.3 is 10.5 Å². The number of anilines is 2. The van der Waals surface area contributed by atoms with E-state index in [9.17, 15) is 4.79 Å². The zero-order valence-corrected chi connectivity index (χ0v) is 15.3. The van der Waals surface area contributed by atoms with E-state index in [0.29, 0.717) is 16.3 Å². The number of hydrazine groups is 1. The molecule has 0 aliphatic rings. The maximum atomic E-state index is 12.1. The number of nitrogen functional groups attached to an aromatic ring is 1. The van der Waals surface area contributed by atoms with Crippen LogP contribution in [-0.2, 0) is 6.42 Å². The predicted molar refractivity (Wildman–Crippen MR) is 105 cm³/mol. The number of aryl methyl sites for hydroxylation is 1. The number of halogens is 1. The summed E-state index contributed by atoms with van der Waals surface area (Å²) in [4.78, 5) is 20.2. The third kappa shape index (κ3) is 4.65. The summed E-state index contributed by atoms with van der Waals surface area (Å²) in [6, 6.07) is 14.1. The van der Waals surface area contributed by atoms with Gasteiger partial charge >= 0.3 is 0 Å². The van der Waals surface area contributed by atoms with E-state index in [1.54, 1.807) is 24.3 Å². The van der Waals surface area contributed by atoms with Crippen LogP contribution >= 0.6 is 11.6 Å². The van der Waals surface area contributed by atoms with Gasteiger partial charge in [0, 0.05) is 10.6 Å². The number of aromatic nitrogens is 2. The summed E-state index contributed by atoms with van der Waals surface area (Å²) >= 11 is 5.82. The zero-order chi connectivity index (χ0) is 19.2. The van der Waals surface area contributed by atoms with Crippen molar-refractivity contribution in [2.45, 2.75) is 13.3 Å². The molecule has 0 aliphatic carbocycles. The van der Waals surface area contributed by atoms with Crippen LogP contribution in [0.15, 0.2) is 54.9 Å². The lowest BCUT2D eigenvalue weighted by molar-refractivity contribution is 0.0962. The van der Waals surface area contributed by atoms with Crippen molar-refractivity contribution in [2.24, 2.45) is 0 Å². The van der Waals surface area contributed by atoms with E-state index in [1.165, 1.54) is 11.9 Å². The standard InChI is InChI=1S/C19H18ClN5O2/c1-2-12-3-9-15(10-4-12)27-19-16(21)17(22-11-23-19)24-25-18(26)13-5-7-14(20)8-6-13/h3-11H,2,21H2,1H3,(H,25,26)(H,22,23,24). The Bertz CT molecular complexity index is 930. The molecule has 27 heavy (non-hydrogen) atoms. The summed E-state index contributed by atoms with van der Waals surface area (Å²) in [5.74, 6) is 0.668. The van der Waals surface area contributed by atoms with Crippen molar-refractivity contribution in [3.63, 3.8) is 0 Å². The number of hydrogen-bond acceptors (Lipinski definition) is 6. The molecule has 3 aromatic rings. The number of hydrogen-bond donors (Lipinski definition) is 3. The quantitative estimate of drug-likeness (QED) is 0.559. The Morgan fingerprint density at radius 1 is 1.11 bits per heavy atom. The number of amides is 1. The minimum Gasteiger partial charge on any atom is -0.437 e. The molecule has 0 aliphatic heterocycles. The molecule has 8 heteroatoms. The lowest BCUT2D eigenvalue weighted by Gasteiger charge is -2.12. The van der Waals surface area contributed by atoms with Crippen molar-refractivity contribution in [1.82, 2.24) is 15.4 Å². The number of carbonyl (C=O) groups excluding carboxylic acids is 1. The number of benzene rings is 2. The van der Waals surface area contributed by atoms with Gasteiger partial charge in [-0.05, 0) is 48.4 Å². The summed E-state index contributed by atoms with van der Waals surface area (Å²) in [6.45, 7) is 2.08. The summed E-state index contributed by atoms with van der Waals surface area (Å²) in [7, 11) is 0. The first-order chi connectivity index (χ1) is 13.1. The lowest BCUT2D eigenvalue weighted by atomic mass is 10.2. The molecule has 7 nitrogen and oxygen atoms in total. The maximum absolute atomic E-state index is 12.1. The van der Waals surface area contributed by atoms with Crippen molar-refractivity contribution < 1.29 is 9.53 Å². The largest absolute Gasteiger partial charge is 0.437 e. The predicted octanol–water partition coefficient (Wildman–Crippen LogP) is 3.82. The Labute approximate surface area is 161 Å². The van der Waals surface area contributed by atoms with Gasteiger partial charge in [0.1, 0.15) is 17.8 Å². The van der Waals surface area contributed by atoms with Crippen molar-refractivity contribution in [3.8, 4) is 11.6 Å². The van der Waals surface area contributed by atoms with E-state index in [0.717, 1.165) is 6.42 Å². The van der Waals surface area contributed by atoms with Crippen LogP contribution in [0.1, 0.15) is 22.8 Å². The Morgan fingerprint density at radius 3 is 2.48 bits per heavy atom. The Hall–Kier alpha value is -3.32. The number of rotatable bonds is 6. The monoisotopic (exact) mass is 383 g/mol. The third-order valence-corrected chi connectivity index (χ3v) is 4.05. The highest BCUT2D eigenvalue weighted by Crippen LogP contribution is 2.29. The summed E-state index contributed by atoms with van der Waals surface area (Å²) in [5.41, 5.74) is 13.1. The minimum atomic E-state index is -0.359. The zero-order valence-electron chi connectivity index (χ0n) is 14.6. The molecule has 0 unspecified atom stereocenters. The molecule has 1 amide bonds. The highest BCUT2D eigenvalue weighted by molar-refractivity contribution is 6.30. The molecule has 3 rings (SSSR count). The summed E-state index contributed by atoms with van der Waals surface area (Å²) in [6.07, 6.45) is 2.24.